The maximum atomic E-state index is 12.4. The van der Waals surface area contributed by atoms with Gasteiger partial charge in [-0.05, 0) is 41.5 Å². The predicted molar refractivity (Wildman–Crippen MR) is 92.1 cm³/mol. The normalized spacial score (nSPS) is 11.3. The highest BCUT2D eigenvalue weighted by Crippen LogP contribution is 2.33. The van der Waals surface area contributed by atoms with E-state index in [0.29, 0.717) is 22.6 Å². The van der Waals surface area contributed by atoms with E-state index in [1.807, 2.05) is 0 Å². The van der Waals surface area contributed by atoms with Crippen LogP contribution in [0.3, 0.4) is 0 Å². The molecule has 2 rings (SSSR count). The number of aliphatic carboxylic acids is 1. The quantitative estimate of drug-likeness (QED) is 0.518. The van der Waals surface area contributed by atoms with E-state index in [4.69, 9.17) is 14.2 Å². The van der Waals surface area contributed by atoms with Crippen molar-refractivity contribution in [2.75, 3.05) is 21.3 Å². The Kier molecular flexibility index (Phi) is 6.59. The number of carboxylic acid groups (broad SMARTS) is 1. The number of benzene rings is 2. The average Bonchev–Trinajstić information content (AvgIpc) is 2.65. The molecule has 2 aromatic carbocycles. The van der Waals surface area contributed by atoms with Crippen molar-refractivity contribution >= 4 is 17.6 Å². The summed E-state index contributed by atoms with van der Waals surface area (Å²) in [5, 5.41) is 11.6. The average molecular weight is 379 g/mol. The van der Waals surface area contributed by atoms with E-state index in [-0.39, 0.29) is 17.1 Å². The maximum absolute atomic E-state index is 12.4. The van der Waals surface area contributed by atoms with Crippen molar-refractivity contribution in [3.8, 4) is 23.0 Å². The standard InChI is InChI=1S/C19H18F2O6/c1-24-14-7-5-12(10-17(14)26-3)13(18(22)23)8-11-4-6-15(27-19(20)21)16(9-11)25-2/h4-10,19H,1-3H3,(H,22,23)/p-1. The zero-order valence-corrected chi connectivity index (χ0v) is 14.8. The molecule has 8 heteroatoms. The molecule has 0 atom stereocenters. The molecule has 0 heterocycles. The molecule has 0 aliphatic carbocycles. The highest BCUT2D eigenvalue weighted by atomic mass is 19.3. The third-order valence-corrected chi connectivity index (χ3v) is 3.63. The Labute approximate surface area is 154 Å². The topological polar surface area (TPSA) is 77.1 Å². The summed E-state index contributed by atoms with van der Waals surface area (Å²) in [5.74, 6) is -0.761. The molecular formula is C19H17F2O6-. The zero-order valence-electron chi connectivity index (χ0n) is 14.8. The minimum atomic E-state index is -3.01. The van der Waals surface area contributed by atoms with Gasteiger partial charge in [-0.2, -0.15) is 8.78 Å². The van der Waals surface area contributed by atoms with Crippen LogP contribution < -0.4 is 24.1 Å². The van der Waals surface area contributed by atoms with Crippen LogP contribution in [0.15, 0.2) is 36.4 Å². The summed E-state index contributed by atoms with van der Waals surface area (Å²) < 4.78 is 44.5. The number of carboxylic acids is 1. The number of halogens is 2. The van der Waals surface area contributed by atoms with Gasteiger partial charge >= 0.3 is 6.61 Å². The minimum Gasteiger partial charge on any atom is -0.545 e. The molecule has 0 unspecified atom stereocenters. The molecule has 27 heavy (non-hydrogen) atoms. The van der Waals surface area contributed by atoms with Gasteiger partial charge in [0.05, 0.1) is 27.3 Å². The number of carbonyl (C=O) groups is 1. The molecule has 0 spiro atoms. The van der Waals surface area contributed by atoms with Gasteiger partial charge in [-0.15, -0.1) is 0 Å². The molecule has 0 aliphatic rings. The highest BCUT2D eigenvalue weighted by Gasteiger charge is 2.13. The number of alkyl halides is 2. The van der Waals surface area contributed by atoms with E-state index >= 15 is 0 Å². The third-order valence-electron chi connectivity index (χ3n) is 3.63. The summed E-state index contributed by atoms with van der Waals surface area (Å²) >= 11 is 0. The van der Waals surface area contributed by atoms with Gasteiger partial charge in [-0.3, -0.25) is 0 Å². The van der Waals surface area contributed by atoms with Gasteiger partial charge in [0, 0.05) is 5.57 Å². The van der Waals surface area contributed by atoms with Gasteiger partial charge in [0.25, 0.3) is 0 Å². The number of carbonyl (C=O) groups excluding carboxylic acids is 1. The number of methoxy groups -OCH3 is 3. The van der Waals surface area contributed by atoms with Crippen LogP contribution in [0, 0.1) is 0 Å². The van der Waals surface area contributed by atoms with Gasteiger partial charge in [-0.25, -0.2) is 0 Å². The molecule has 0 aliphatic heterocycles. The first-order valence-electron chi connectivity index (χ1n) is 7.68. The SMILES string of the molecule is COc1ccc(C(=Cc2ccc(OC(F)F)c(OC)c2)C(=O)[O-])cc1OC. The molecule has 144 valence electrons. The van der Waals surface area contributed by atoms with E-state index in [0.717, 1.165) is 0 Å². The summed E-state index contributed by atoms with van der Waals surface area (Å²) in [6.07, 6.45) is 1.32. The zero-order chi connectivity index (χ0) is 20.0. The number of hydrogen-bond acceptors (Lipinski definition) is 6. The van der Waals surface area contributed by atoms with Gasteiger partial charge in [-0.1, -0.05) is 12.1 Å². The van der Waals surface area contributed by atoms with Gasteiger partial charge in [0.2, 0.25) is 0 Å². The van der Waals surface area contributed by atoms with Crippen molar-refractivity contribution in [2.24, 2.45) is 0 Å². The molecule has 2 aromatic rings. The van der Waals surface area contributed by atoms with Crippen LogP contribution in [0.1, 0.15) is 11.1 Å². The molecular weight excluding hydrogens is 362 g/mol. The molecule has 0 N–H and O–H groups in total. The lowest BCUT2D eigenvalue weighted by atomic mass is 10.0. The molecule has 0 saturated heterocycles. The fourth-order valence-corrected chi connectivity index (χ4v) is 2.40. The van der Waals surface area contributed by atoms with Crippen LogP contribution in [-0.2, 0) is 4.79 Å². The second kappa shape index (κ2) is 8.88. The summed E-state index contributed by atoms with van der Waals surface area (Å²) in [7, 11) is 4.17. The van der Waals surface area contributed by atoms with Crippen molar-refractivity contribution < 1.29 is 37.6 Å². The van der Waals surface area contributed by atoms with E-state index in [1.54, 1.807) is 6.07 Å². The minimum absolute atomic E-state index is 0.0362. The largest absolute Gasteiger partial charge is 0.545 e. The Morgan fingerprint density at radius 1 is 0.926 bits per heavy atom. The Morgan fingerprint density at radius 3 is 2.07 bits per heavy atom. The summed E-state index contributed by atoms with van der Waals surface area (Å²) in [6, 6.07) is 8.65. The first-order valence-corrected chi connectivity index (χ1v) is 7.68. The predicted octanol–water partition coefficient (Wildman–Crippen LogP) is 2.60. The molecule has 0 bridgehead atoms. The van der Waals surface area contributed by atoms with Crippen molar-refractivity contribution in [3.05, 3.63) is 47.5 Å². The molecule has 6 nitrogen and oxygen atoms in total. The van der Waals surface area contributed by atoms with E-state index in [1.165, 1.54) is 57.7 Å². The van der Waals surface area contributed by atoms with Crippen LogP contribution in [0.2, 0.25) is 0 Å². The van der Waals surface area contributed by atoms with E-state index < -0.39 is 12.6 Å². The molecule has 0 saturated carbocycles. The van der Waals surface area contributed by atoms with Gasteiger partial charge < -0.3 is 28.8 Å². The fraction of sp³-hybridized carbons (Fsp3) is 0.211. The lowest BCUT2D eigenvalue weighted by Gasteiger charge is -2.14. The highest BCUT2D eigenvalue weighted by molar-refractivity contribution is 6.19. The van der Waals surface area contributed by atoms with Crippen LogP contribution in [0.25, 0.3) is 11.6 Å². The lowest BCUT2D eigenvalue weighted by Crippen LogP contribution is -2.23. The Morgan fingerprint density at radius 2 is 1.52 bits per heavy atom. The van der Waals surface area contributed by atoms with Crippen LogP contribution >= 0.6 is 0 Å². The van der Waals surface area contributed by atoms with Crippen molar-refractivity contribution in [1.29, 1.82) is 0 Å². The number of ether oxygens (including phenoxy) is 4. The van der Waals surface area contributed by atoms with Crippen molar-refractivity contribution in [2.45, 2.75) is 6.61 Å². The second-order valence-electron chi connectivity index (χ2n) is 5.20. The first kappa shape index (κ1) is 20.0. The Balaban J connectivity index is 2.48. The van der Waals surface area contributed by atoms with Gasteiger partial charge in [0.15, 0.2) is 23.0 Å². The summed E-state index contributed by atoms with van der Waals surface area (Å²) in [4.78, 5) is 11.6. The molecule has 0 aromatic heterocycles. The first-order chi connectivity index (χ1) is 12.9. The fourth-order valence-electron chi connectivity index (χ4n) is 2.40. The summed E-state index contributed by atoms with van der Waals surface area (Å²) in [5.41, 5.74) is 0.572. The van der Waals surface area contributed by atoms with Crippen LogP contribution in [0.5, 0.6) is 23.0 Å². The van der Waals surface area contributed by atoms with Crippen LogP contribution in [-0.4, -0.2) is 33.9 Å². The van der Waals surface area contributed by atoms with Crippen molar-refractivity contribution in [3.63, 3.8) is 0 Å². The number of rotatable bonds is 8. The van der Waals surface area contributed by atoms with Gasteiger partial charge in [0.1, 0.15) is 0 Å². The molecule has 0 radical (unpaired) electrons. The number of hydrogen-bond donors (Lipinski definition) is 0. The maximum Gasteiger partial charge on any atom is 0.387 e. The Hall–Kier alpha value is -3.29. The van der Waals surface area contributed by atoms with E-state index in [9.17, 15) is 18.7 Å². The Bertz CT molecular complexity index is 848. The molecule has 0 fully saturated rings. The smallest absolute Gasteiger partial charge is 0.387 e. The van der Waals surface area contributed by atoms with Crippen molar-refractivity contribution in [1.82, 2.24) is 0 Å². The van der Waals surface area contributed by atoms with Crippen LogP contribution in [0.4, 0.5) is 8.78 Å². The lowest BCUT2D eigenvalue weighted by molar-refractivity contribution is -0.295. The van der Waals surface area contributed by atoms with E-state index in [2.05, 4.69) is 4.74 Å². The third kappa shape index (κ3) is 4.87. The second-order valence-corrected chi connectivity index (χ2v) is 5.20. The monoisotopic (exact) mass is 379 g/mol. The summed E-state index contributed by atoms with van der Waals surface area (Å²) in [6.45, 7) is -3.01. The molecule has 0 amide bonds.